The SMILES string of the molecule is O=C(NCCCN1CCCC1)NC1CC(=O)N(c2cccc(F)c2)C1. The molecule has 1 aromatic rings. The van der Waals surface area contributed by atoms with Crippen molar-refractivity contribution in [2.24, 2.45) is 0 Å². The van der Waals surface area contributed by atoms with Crippen LogP contribution in [0.15, 0.2) is 24.3 Å². The molecule has 1 aromatic carbocycles. The summed E-state index contributed by atoms with van der Waals surface area (Å²) in [7, 11) is 0. The standard InChI is InChI=1S/C18H25FN4O2/c19-14-5-3-6-16(11-14)23-13-15(12-17(23)24)21-18(25)20-7-4-10-22-8-1-2-9-22/h3,5-6,11,15H,1-2,4,7-10,12-13H2,(H2,20,21,25). The van der Waals surface area contributed by atoms with E-state index in [1.165, 1.54) is 29.9 Å². The predicted molar refractivity (Wildman–Crippen MR) is 94.0 cm³/mol. The molecule has 2 aliphatic heterocycles. The number of hydrogen-bond acceptors (Lipinski definition) is 3. The molecule has 1 unspecified atom stereocenters. The fraction of sp³-hybridized carbons (Fsp3) is 0.556. The minimum Gasteiger partial charge on any atom is -0.338 e. The van der Waals surface area contributed by atoms with Gasteiger partial charge in [-0.2, -0.15) is 0 Å². The molecule has 2 fully saturated rings. The zero-order valence-corrected chi connectivity index (χ0v) is 14.3. The molecular weight excluding hydrogens is 323 g/mol. The van der Waals surface area contributed by atoms with Gasteiger partial charge in [-0.3, -0.25) is 4.79 Å². The number of urea groups is 1. The second-order valence-electron chi connectivity index (χ2n) is 6.69. The van der Waals surface area contributed by atoms with E-state index in [0.717, 1.165) is 26.1 Å². The Morgan fingerprint density at radius 1 is 1.28 bits per heavy atom. The van der Waals surface area contributed by atoms with E-state index in [-0.39, 0.29) is 30.2 Å². The van der Waals surface area contributed by atoms with Crippen molar-refractivity contribution in [2.45, 2.75) is 31.7 Å². The molecule has 2 heterocycles. The summed E-state index contributed by atoms with van der Waals surface area (Å²) in [4.78, 5) is 28.0. The highest BCUT2D eigenvalue weighted by Gasteiger charge is 2.31. The highest BCUT2D eigenvalue weighted by molar-refractivity contribution is 5.96. The highest BCUT2D eigenvalue weighted by atomic mass is 19.1. The first-order valence-corrected chi connectivity index (χ1v) is 8.94. The van der Waals surface area contributed by atoms with E-state index < -0.39 is 0 Å². The maximum absolute atomic E-state index is 13.3. The third-order valence-corrected chi connectivity index (χ3v) is 4.72. The molecule has 0 radical (unpaired) electrons. The van der Waals surface area contributed by atoms with Crippen molar-refractivity contribution in [3.05, 3.63) is 30.1 Å². The smallest absolute Gasteiger partial charge is 0.315 e. The van der Waals surface area contributed by atoms with Gasteiger partial charge < -0.3 is 20.4 Å². The van der Waals surface area contributed by atoms with Crippen molar-refractivity contribution in [1.29, 1.82) is 0 Å². The molecule has 0 bridgehead atoms. The molecule has 0 aliphatic carbocycles. The maximum Gasteiger partial charge on any atom is 0.315 e. The third-order valence-electron chi connectivity index (χ3n) is 4.72. The number of benzene rings is 1. The van der Waals surface area contributed by atoms with Gasteiger partial charge in [-0.15, -0.1) is 0 Å². The van der Waals surface area contributed by atoms with Gasteiger partial charge in [0.1, 0.15) is 5.82 Å². The Balaban J connectivity index is 1.39. The number of carbonyl (C=O) groups excluding carboxylic acids is 2. The molecule has 136 valence electrons. The van der Waals surface area contributed by atoms with E-state index in [1.807, 2.05) is 0 Å². The van der Waals surface area contributed by atoms with Crippen LogP contribution in [0.2, 0.25) is 0 Å². The summed E-state index contributed by atoms with van der Waals surface area (Å²) < 4.78 is 13.3. The fourth-order valence-corrected chi connectivity index (χ4v) is 3.45. The maximum atomic E-state index is 13.3. The van der Waals surface area contributed by atoms with Crippen LogP contribution >= 0.6 is 0 Å². The fourth-order valence-electron chi connectivity index (χ4n) is 3.45. The van der Waals surface area contributed by atoms with Crippen LogP contribution in [-0.2, 0) is 4.79 Å². The van der Waals surface area contributed by atoms with Gasteiger partial charge in [-0.05, 0) is 57.1 Å². The van der Waals surface area contributed by atoms with E-state index in [9.17, 15) is 14.0 Å². The van der Waals surface area contributed by atoms with Gasteiger partial charge in [0.25, 0.3) is 0 Å². The Bertz CT molecular complexity index is 619. The first-order valence-electron chi connectivity index (χ1n) is 8.94. The molecule has 3 amide bonds. The minimum atomic E-state index is -0.377. The summed E-state index contributed by atoms with van der Waals surface area (Å²) in [6, 6.07) is 5.44. The first-order chi connectivity index (χ1) is 12.1. The van der Waals surface area contributed by atoms with Crippen molar-refractivity contribution < 1.29 is 14.0 Å². The van der Waals surface area contributed by atoms with Crippen molar-refractivity contribution >= 4 is 17.6 Å². The van der Waals surface area contributed by atoms with Crippen LogP contribution < -0.4 is 15.5 Å². The predicted octanol–water partition coefficient (Wildman–Crippen LogP) is 1.72. The number of hydrogen-bond donors (Lipinski definition) is 2. The quantitative estimate of drug-likeness (QED) is 0.770. The average Bonchev–Trinajstić information content (AvgIpc) is 3.21. The van der Waals surface area contributed by atoms with Gasteiger partial charge >= 0.3 is 6.03 Å². The van der Waals surface area contributed by atoms with Crippen LogP contribution in [0.5, 0.6) is 0 Å². The number of nitrogens with zero attached hydrogens (tertiary/aromatic N) is 2. The summed E-state index contributed by atoms with van der Waals surface area (Å²) >= 11 is 0. The molecule has 7 heteroatoms. The normalized spacial score (nSPS) is 20.9. The van der Waals surface area contributed by atoms with Crippen molar-refractivity contribution in [1.82, 2.24) is 15.5 Å². The van der Waals surface area contributed by atoms with Gasteiger partial charge in [0.2, 0.25) is 5.91 Å². The first kappa shape index (κ1) is 17.7. The zero-order chi connectivity index (χ0) is 17.6. The van der Waals surface area contributed by atoms with Crippen molar-refractivity contribution in [3.8, 4) is 0 Å². The van der Waals surface area contributed by atoms with E-state index in [2.05, 4.69) is 15.5 Å². The lowest BCUT2D eigenvalue weighted by molar-refractivity contribution is -0.117. The molecule has 0 spiro atoms. The van der Waals surface area contributed by atoms with Crippen molar-refractivity contribution in [2.75, 3.05) is 37.6 Å². The number of nitrogens with one attached hydrogen (secondary N) is 2. The summed E-state index contributed by atoms with van der Waals surface area (Å²) in [6.45, 7) is 4.31. The summed E-state index contributed by atoms with van der Waals surface area (Å²) in [5.74, 6) is -0.484. The number of likely N-dealkylation sites (tertiary alicyclic amines) is 1. The highest BCUT2D eigenvalue weighted by Crippen LogP contribution is 2.22. The number of halogens is 1. The van der Waals surface area contributed by atoms with Gasteiger partial charge in [-0.25, -0.2) is 9.18 Å². The lowest BCUT2D eigenvalue weighted by atomic mass is 10.2. The summed E-state index contributed by atoms with van der Waals surface area (Å²) in [5, 5.41) is 5.68. The third kappa shape index (κ3) is 4.92. The number of amides is 3. The van der Waals surface area contributed by atoms with Crippen LogP contribution in [-0.4, -0.2) is 55.6 Å². The van der Waals surface area contributed by atoms with Gasteiger partial charge in [0.05, 0.1) is 6.04 Å². The van der Waals surface area contributed by atoms with Crippen LogP contribution in [0.4, 0.5) is 14.9 Å². The number of carbonyl (C=O) groups is 2. The summed E-state index contributed by atoms with van der Waals surface area (Å²) in [5.41, 5.74) is 0.528. The Hall–Kier alpha value is -2.15. The molecule has 2 saturated heterocycles. The van der Waals surface area contributed by atoms with E-state index in [1.54, 1.807) is 12.1 Å². The van der Waals surface area contributed by atoms with Crippen LogP contribution in [0, 0.1) is 5.82 Å². The second-order valence-corrected chi connectivity index (χ2v) is 6.69. The molecule has 0 aromatic heterocycles. The molecule has 0 saturated carbocycles. The van der Waals surface area contributed by atoms with Gasteiger partial charge in [0, 0.05) is 25.2 Å². The second kappa shape index (κ2) is 8.29. The molecule has 3 rings (SSSR count). The Morgan fingerprint density at radius 3 is 2.84 bits per heavy atom. The Morgan fingerprint density at radius 2 is 2.08 bits per heavy atom. The van der Waals surface area contributed by atoms with E-state index in [0.29, 0.717) is 18.8 Å². The molecule has 2 N–H and O–H groups in total. The molecular formula is C18H25FN4O2. The monoisotopic (exact) mass is 348 g/mol. The Labute approximate surface area is 147 Å². The van der Waals surface area contributed by atoms with Crippen molar-refractivity contribution in [3.63, 3.8) is 0 Å². The largest absolute Gasteiger partial charge is 0.338 e. The molecule has 2 aliphatic rings. The number of rotatable bonds is 6. The van der Waals surface area contributed by atoms with Crippen LogP contribution in [0.1, 0.15) is 25.7 Å². The number of anilines is 1. The topological polar surface area (TPSA) is 64.7 Å². The van der Waals surface area contributed by atoms with Gasteiger partial charge in [0.15, 0.2) is 0 Å². The lowest BCUT2D eigenvalue weighted by Gasteiger charge is -2.18. The van der Waals surface area contributed by atoms with Gasteiger partial charge in [-0.1, -0.05) is 6.07 Å². The molecule has 25 heavy (non-hydrogen) atoms. The molecule has 1 atom stereocenters. The van der Waals surface area contributed by atoms with E-state index in [4.69, 9.17) is 0 Å². The zero-order valence-electron chi connectivity index (χ0n) is 14.3. The summed E-state index contributed by atoms with van der Waals surface area (Å²) in [6.07, 6.45) is 3.70. The average molecular weight is 348 g/mol. The van der Waals surface area contributed by atoms with Crippen LogP contribution in [0.25, 0.3) is 0 Å². The Kier molecular flexibility index (Phi) is 5.86. The minimum absolute atomic E-state index is 0.107. The molecule has 6 nitrogen and oxygen atoms in total. The van der Waals surface area contributed by atoms with Crippen LogP contribution in [0.3, 0.4) is 0 Å². The van der Waals surface area contributed by atoms with E-state index >= 15 is 0 Å². The lowest BCUT2D eigenvalue weighted by Crippen LogP contribution is -2.44.